The van der Waals surface area contributed by atoms with Gasteiger partial charge in [0, 0.05) is 17.9 Å². The van der Waals surface area contributed by atoms with Crippen LogP contribution in [0.4, 0.5) is 5.82 Å². The van der Waals surface area contributed by atoms with Crippen molar-refractivity contribution in [3.05, 3.63) is 83.4 Å². The van der Waals surface area contributed by atoms with Crippen molar-refractivity contribution in [2.24, 2.45) is 5.41 Å². The molecule has 1 saturated carbocycles. The van der Waals surface area contributed by atoms with Crippen molar-refractivity contribution >= 4 is 34.5 Å². The molecule has 4 aromatic rings. The number of benzene rings is 2. The van der Waals surface area contributed by atoms with Crippen LogP contribution in [-0.4, -0.2) is 60.4 Å². The van der Waals surface area contributed by atoms with Gasteiger partial charge in [0.25, 0.3) is 0 Å². The highest BCUT2D eigenvalue weighted by atomic mass is 35.5. The number of aromatic nitrogens is 4. The van der Waals surface area contributed by atoms with Crippen molar-refractivity contribution in [3.8, 4) is 0 Å². The first-order valence-electron chi connectivity index (χ1n) is 13.0. The number of carbonyl (C=O) groups is 1. The third-order valence-corrected chi connectivity index (χ3v) is 7.45. The number of halogens is 1. The quantitative estimate of drug-likeness (QED) is 0.258. The Morgan fingerprint density at radius 2 is 1.64 bits per heavy atom. The molecule has 0 bridgehead atoms. The summed E-state index contributed by atoms with van der Waals surface area (Å²) in [6.07, 6.45) is -0.379. The van der Waals surface area contributed by atoms with Gasteiger partial charge in [-0.3, -0.25) is 4.79 Å². The van der Waals surface area contributed by atoms with Gasteiger partial charge in [0.05, 0.1) is 18.4 Å². The van der Waals surface area contributed by atoms with Crippen molar-refractivity contribution in [2.45, 2.75) is 57.4 Å². The molecule has 0 spiro atoms. The van der Waals surface area contributed by atoms with Crippen LogP contribution >= 0.6 is 11.6 Å². The number of nitrogens with one attached hydrogen (secondary N) is 2. The van der Waals surface area contributed by atoms with E-state index in [-0.39, 0.29) is 17.1 Å². The van der Waals surface area contributed by atoms with E-state index in [1.165, 1.54) is 0 Å². The van der Waals surface area contributed by atoms with E-state index in [2.05, 4.69) is 49.9 Å². The van der Waals surface area contributed by atoms with Crippen molar-refractivity contribution in [2.75, 3.05) is 11.9 Å². The van der Waals surface area contributed by atoms with E-state index in [1.54, 1.807) is 31.7 Å². The Hall–Kier alpha value is -3.53. The number of carbonyl (C=O) groups excluding carboxylic acids is 1. The molecule has 2 aromatic carbocycles. The lowest BCUT2D eigenvalue weighted by Crippen LogP contribution is -2.47. The number of aliphatic hydroxyl groups is 2. The van der Waals surface area contributed by atoms with Crippen molar-refractivity contribution in [3.63, 3.8) is 0 Å². The monoisotopic (exact) mass is 548 g/mol. The van der Waals surface area contributed by atoms with Gasteiger partial charge in [-0.15, -0.1) is 0 Å². The van der Waals surface area contributed by atoms with Gasteiger partial charge in [0.2, 0.25) is 11.2 Å². The Labute approximate surface area is 232 Å². The molecule has 10 heteroatoms. The fourth-order valence-corrected chi connectivity index (χ4v) is 5.23. The highest BCUT2D eigenvalue weighted by Crippen LogP contribution is 2.35. The highest BCUT2D eigenvalue weighted by Gasteiger charge is 2.44. The third-order valence-electron chi connectivity index (χ3n) is 7.28. The van der Waals surface area contributed by atoms with Gasteiger partial charge in [-0.1, -0.05) is 81.4 Å². The summed E-state index contributed by atoms with van der Waals surface area (Å²) in [6, 6.07) is 19.3. The fraction of sp³-hybridized carbons (Fsp3) is 0.379. The number of hydrogen-bond donors (Lipinski definition) is 4. The van der Waals surface area contributed by atoms with Crippen LogP contribution in [0.15, 0.2) is 67.0 Å². The second-order valence-corrected chi connectivity index (χ2v) is 11.4. The van der Waals surface area contributed by atoms with E-state index in [0.29, 0.717) is 29.9 Å². The van der Waals surface area contributed by atoms with E-state index in [9.17, 15) is 15.0 Å². The summed E-state index contributed by atoms with van der Waals surface area (Å²) in [4.78, 5) is 25.9. The Morgan fingerprint density at radius 1 is 1.03 bits per heavy atom. The fourth-order valence-electron chi connectivity index (χ4n) is 5.07. The Morgan fingerprint density at radius 3 is 2.23 bits per heavy atom. The van der Waals surface area contributed by atoms with Gasteiger partial charge >= 0.3 is 0 Å². The Bertz CT molecular complexity index is 1400. The summed E-state index contributed by atoms with van der Waals surface area (Å²) in [7, 11) is 0. The molecular weight excluding hydrogens is 516 g/mol. The highest BCUT2D eigenvalue weighted by molar-refractivity contribution is 6.28. The summed E-state index contributed by atoms with van der Waals surface area (Å²) < 4.78 is 1.71. The maximum atomic E-state index is 12.5. The first kappa shape index (κ1) is 27.1. The van der Waals surface area contributed by atoms with Gasteiger partial charge in [0.15, 0.2) is 17.0 Å². The van der Waals surface area contributed by atoms with Gasteiger partial charge in [0.1, 0.15) is 12.2 Å². The number of fused-ring (bicyclic) bond motifs is 1. The van der Waals surface area contributed by atoms with Gasteiger partial charge in [-0.05, 0) is 29.1 Å². The van der Waals surface area contributed by atoms with Crippen LogP contribution in [0.3, 0.4) is 0 Å². The SMILES string of the molecule is CC(C)(C)C(=O)N[C@H]1C[C@@H](n2cnc3c(NCC(c4ccccc4)c4ccccc4)nc(Cl)nc32)[C@H](O)[C@@H]1O. The molecule has 4 N–H and O–H groups in total. The molecular formula is C29H33ClN6O3. The Kier molecular flexibility index (Phi) is 7.57. The van der Waals surface area contributed by atoms with Crippen molar-refractivity contribution < 1.29 is 15.0 Å². The smallest absolute Gasteiger partial charge is 0.226 e. The summed E-state index contributed by atoms with van der Waals surface area (Å²) in [5, 5.41) is 27.9. The average Bonchev–Trinajstić information content (AvgIpc) is 3.45. The standard InChI is InChI=1S/C29H33ClN6O3/c1-29(2,3)27(39)33-20-14-21(24(38)23(20)37)36-16-32-22-25(34-28(30)35-26(22)36)31-15-19(17-10-6-4-7-11-17)18-12-8-5-9-13-18/h4-13,16,19-21,23-24,37-38H,14-15H2,1-3H3,(H,33,39)(H,31,34,35)/t20-,21+,23+,24-/m0/s1. The molecule has 0 aliphatic heterocycles. The lowest BCUT2D eigenvalue weighted by molar-refractivity contribution is -0.130. The van der Waals surface area contributed by atoms with E-state index in [4.69, 9.17) is 11.6 Å². The molecule has 0 radical (unpaired) electrons. The third kappa shape index (κ3) is 5.61. The number of hydrogen-bond acceptors (Lipinski definition) is 7. The number of aliphatic hydroxyl groups excluding tert-OH is 2. The Balaban J connectivity index is 1.42. The molecule has 1 fully saturated rings. The molecule has 0 unspecified atom stereocenters. The number of imidazole rings is 1. The summed E-state index contributed by atoms with van der Waals surface area (Å²) in [5.41, 5.74) is 2.63. The second-order valence-electron chi connectivity index (χ2n) is 11.0. The lowest BCUT2D eigenvalue weighted by Gasteiger charge is -2.23. The lowest BCUT2D eigenvalue weighted by atomic mass is 9.91. The molecule has 4 atom stereocenters. The minimum Gasteiger partial charge on any atom is -0.388 e. The van der Waals surface area contributed by atoms with Gasteiger partial charge in [-0.25, -0.2) is 4.98 Å². The molecule has 1 aliphatic rings. The van der Waals surface area contributed by atoms with E-state index < -0.39 is 29.7 Å². The van der Waals surface area contributed by atoms with Gasteiger partial charge < -0.3 is 25.4 Å². The van der Waals surface area contributed by atoms with E-state index >= 15 is 0 Å². The topological polar surface area (TPSA) is 125 Å². The normalized spacial score (nSPS) is 21.4. The molecule has 39 heavy (non-hydrogen) atoms. The first-order valence-corrected chi connectivity index (χ1v) is 13.4. The van der Waals surface area contributed by atoms with Crippen molar-refractivity contribution in [1.29, 1.82) is 0 Å². The maximum Gasteiger partial charge on any atom is 0.226 e. The van der Waals surface area contributed by atoms with Crippen LogP contribution in [0.25, 0.3) is 11.2 Å². The molecule has 0 saturated heterocycles. The van der Waals surface area contributed by atoms with Crippen LogP contribution in [0.1, 0.15) is 50.3 Å². The first-order chi connectivity index (χ1) is 18.6. The molecule has 1 aliphatic carbocycles. The number of anilines is 1. The molecule has 2 heterocycles. The largest absolute Gasteiger partial charge is 0.388 e. The second kappa shape index (κ2) is 10.9. The number of amides is 1. The minimum absolute atomic E-state index is 0.0355. The van der Waals surface area contributed by atoms with Crippen molar-refractivity contribution in [1.82, 2.24) is 24.8 Å². The zero-order chi connectivity index (χ0) is 27.7. The molecule has 9 nitrogen and oxygen atoms in total. The minimum atomic E-state index is -1.13. The average molecular weight is 549 g/mol. The van der Waals surface area contributed by atoms with Crippen LogP contribution in [0.2, 0.25) is 5.28 Å². The maximum absolute atomic E-state index is 12.5. The van der Waals surface area contributed by atoms with Crippen LogP contribution in [0.5, 0.6) is 0 Å². The summed E-state index contributed by atoms with van der Waals surface area (Å²) >= 11 is 6.35. The summed E-state index contributed by atoms with van der Waals surface area (Å²) in [6.45, 7) is 5.94. The predicted octanol–water partition coefficient (Wildman–Crippen LogP) is 3.92. The van der Waals surface area contributed by atoms with E-state index in [0.717, 1.165) is 11.1 Å². The van der Waals surface area contributed by atoms with Crippen LogP contribution in [-0.2, 0) is 4.79 Å². The van der Waals surface area contributed by atoms with E-state index in [1.807, 2.05) is 36.4 Å². The number of rotatable bonds is 7. The summed E-state index contributed by atoms with van der Waals surface area (Å²) in [5.74, 6) is 0.335. The molecule has 204 valence electrons. The zero-order valence-corrected chi connectivity index (χ0v) is 22.9. The van der Waals surface area contributed by atoms with Crippen LogP contribution < -0.4 is 10.6 Å². The molecule has 5 rings (SSSR count). The zero-order valence-electron chi connectivity index (χ0n) is 22.1. The number of nitrogens with zero attached hydrogens (tertiary/aromatic N) is 4. The molecule has 1 amide bonds. The predicted molar refractivity (Wildman–Crippen MR) is 151 cm³/mol. The molecule has 2 aromatic heterocycles. The van der Waals surface area contributed by atoms with Crippen LogP contribution in [0, 0.1) is 5.41 Å². The van der Waals surface area contributed by atoms with Gasteiger partial charge in [-0.2, -0.15) is 9.97 Å².